The number of carboxylic acid groups (broad SMARTS) is 1. The third kappa shape index (κ3) is 3.52. The molecule has 0 aliphatic heterocycles. The van der Waals surface area contributed by atoms with Gasteiger partial charge in [-0.15, -0.1) is 11.6 Å². The normalized spacial score (nSPS) is 10.1. The van der Waals surface area contributed by atoms with E-state index in [0.717, 1.165) is 5.56 Å². The molecule has 0 spiro atoms. The average molecular weight is 306 g/mol. The molecule has 0 aliphatic rings. The quantitative estimate of drug-likeness (QED) is 0.598. The first-order valence-electron chi connectivity index (χ1n) is 6.04. The van der Waals surface area contributed by atoms with Crippen molar-refractivity contribution in [3.63, 3.8) is 0 Å². The van der Waals surface area contributed by atoms with Gasteiger partial charge >= 0.3 is 5.97 Å². The van der Waals surface area contributed by atoms with E-state index in [1.54, 1.807) is 24.3 Å². The molecule has 3 N–H and O–H groups in total. The van der Waals surface area contributed by atoms with Crippen LogP contribution in [0.25, 0.3) is 0 Å². The first kappa shape index (κ1) is 14.9. The second kappa shape index (κ2) is 6.28. The Morgan fingerprint density at radius 3 is 2.24 bits per heavy atom. The van der Waals surface area contributed by atoms with E-state index in [-0.39, 0.29) is 17.0 Å². The van der Waals surface area contributed by atoms with E-state index in [0.29, 0.717) is 11.4 Å². The average Bonchev–Trinajstić information content (AvgIpc) is 2.49. The number of phenolic OH excluding ortho intramolecular Hbond substituents is 1. The number of nitrogens with one attached hydrogen (secondary N) is 1. The maximum absolute atomic E-state index is 12.0. The Bertz CT molecular complexity index is 683. The Balaban J connectivity index is 2.22. The maximum atomic E-state index is 12.0. The van der Waals surface area contributed by atoms with Gasteiger partial charge in [-0.2, -0.15) is 0 Å². The number of anilines is 1. The topological polar surface area (TPSA) is 86.6 Å². The van der Waals surface area contributed by atoms with Gasteiger partial charge in [0, 0.05) is 11.4 Å². The van der Waals surface area contributed by atoms with Gasteiger partial charge in [0.2, 0.25) is 0 Å². The number of hydrogen-bond donors (Lipinski definition) is 3. The number of carboxylic acids is 1. The molecule has 5 nitrogen and oxygen atoms in total. The van der Waals surface area contributed by atoms with Gasteiger partial charge in [0.15, 0.2) is 0 Å². The highest BCUT2D eigenvalue weighted by Gasteiger charge is 2.12. The van der Waals surface area contributed by atoms with E-state index >= 15 is 0 Å². The summed E-state index contributed by atoms with van der Waals surface area (Å²) in [7, 11) is 0. The standard InChI is InChI=1S/C15H12ClNO4/c16-8-9-1-3-10(4-2-9)14(19)17-12-7-11(15(20)21)5-6-13(12)18/h1-7,18H,8H2,(H,17,19)(H,20,21). The number of halogens is 1. The van der Waals surface area contributed by atoms with Crippen LogP contribution in [0.5, 0.6) is 5.75 Å². The number of hydrogen-bond acceptors (Lipinski definition) is 3. The molecular formula is C15H12ClNO4. The highest BCUT2D eigenvalue weighted by molar-refractivity contribution is 6.17. The molecule has 0 radical (unpaired) electrons. The molecule has 21 heavy (non-hydrogen) atoms. The van der Waals surface area contributed by atoms with Gasteiger partial charge in [0.05, 0.1) is 11.3 Å². The number of carbonyl (C=O) groups is 2. The molecule has 0 saturated carbocycles. The van der Waals surface area contributed by atoms with E-state index in [4.69, 9.17) is 16.7 Å². The number of aromatic hydroxyl groups is 1. The van der Waals surface area contributed by atoms with Crippen molar-refractivity contribution in [1.82, 2.24) is 0 Å². The lowest BCUT2D eigenvalue weighted by Gasteiger charge is -2.08. The van der Waals surface area contributed by atoms with E-state index in [1.165, 1.54) is 18.2 Å². The van der Waals surface area contributed by atoms with Crippen LogP contribution in [0, 0.1) is 0 Å². The van der Waals surface area contributed by atoms with Gasteiger partial charge in [-0.3, -0.25) is 4.79 Å². The number of alkyl halides is 1. The Hall–Kier alpha value is -2.53. The van der Waals surface area contributed by atoms with Crippen LogP contribution < -0.4 is 5.32 Å². The molecule has 0 aromatic heterocycles. The molecule has 2 aromatic carbocycles. The number of aromatic carboxylic acids is 1. The second-order valence-corrected chi connectivity index (χ2v) is 4.59. The number of carbonyl (C=O) groups excluding carboxylic acids is 1. The summed E-state index contributed by atoms with van der Waals surface area (Å²) >= 11 is 5.67. The lowest BCUT2D eigenvalue weighted by atomic mass is 10.1. The number of amides is 1. The number of rotatable bonds is 4. The van der Waals surface area contributed by atoms with Crippen LogP contribution in [-0.4, -0.2) is 22.1 Å². The van der Waals surface area contributed by atoms with Crippen LogP contribution in [0.1, 0.15) is 26.3 Å². The lowest BCUT2D eigenvalue weighted by molar-refractivity contribution is 0.0696. The molecule has 1 amide bonds. The summed E-state index contributed by atoms with van der Waals surface area (Å²) in [6.45, 7) is 0. The van der Waals surface area contributed by atoms with E-state index in [1.807, 2.05) is 0 Å². The van der Waals surface area contributed by atoms with Crippen LogP contribution in [0.4, 0.5) is 5.69 Å². The fraction of sp³-hybridized carbons (Fsp3) is 0.0667. The summed E-state index contributed by atoms with van der Waals surface area (Å²) in [5, 5.41) is 21.0. The second-order valence-electron chi connectivity index (χ2n) is 4.32. The van der Waals surface area contributed by atoms with E-state index in [9.17, 15) is 14.7 Å². The highest BCUT2D eigenvalue weighted by Crippen LogP contribution is 2.25. The fourth-order valence-corrected chi connectivity index (χ4v) is 1.89. The molecule has 108 valence electrons. The van der Waals surface area contributed by atoms with Crippen molar-refractivity contribution in [2.75, 3.05) is 5.32 Å². The zero-order chi connectivity index (χ0) is 15.4. The zero-order valence-electron chi connectivity index (χ0n) is 10.8. The van der Waals surface area contributed by atoms with Gasteiger partial charge in [-0.25, -0.2) is 4.79 Å². The highest BCUT2D eigenvalue weighted by atomic mass is 35.5. The van der Waals surface area contributed by atoms with Crippen LogP contribution in [-0.2, 0) is 5.88 Å². The third-order valence-electron chi connectivity index (χ3n) is 2.86. The first-order chi connectivity index (χ1) is 10.0. The molecule has 0 unspecified atom stereocenters. The first-order valence-corrected chi connectivity index (χ1v) is 6.57. The summed E-state index contributed by atoms with van der Waals surface area (Å²) in [6.07, 6.45) is 0. The lowest BCUT2D eigenvalue weighted by Crippen LogP contribution is -2.12. The predicted octanol–water partition coefficient (Wildman–Crippen LogP) is 3.08. The van der Waals surface area contributed by atoms with Gasteiger partial charge in [-0.1, -0.05) is 12.1 Å². The molecule has 0 atom stereocenters. The molecule has 0 bridgehead atoms. The SMILES string of the molecule is O=C(O)c1ccc(O)c(NC(=O)c2ccc(CCl)cc2)c1. The fourth-order valence-electron chi connectivity index (χ4n) is 1.71. The summed E-state index contributed by atoms with van der Waals surface area (Å²) in [6, 6.07) is 10.3. The Morgan fingerprint density at radius 2 is 1.67 bits per heavy atom. The molecule has 0 aliphatic carbocycles. The molecule has 0 saturated heterocycles. The van der Waals surface area contributed by atoms with Gasteiger partial charge in [0.25, 0.3) is 5.91 Å². The van der Waals surface area contributed by atoms with Crippen molar-refractivity contribution in [2.24, 2.45) is 0 Å². The summed E-state index contributed by atoms with van der Waals surface area (Å²) in [4.78, 5) is 22.9. The van der Waals surface area contributed by atoms with Crippen molar-refractivity contribution < 1.29 is 19.8 Å². The zero-order valence-corrected chi connectivity index (χ0v) is 11.6. The predicted molar refractivity (Wildman–Crippen MR) is 79.0 cm³/mol. The van der Waals surface area contributed by atoms with Crippen molar-refractivity contribution >= 4 is 29.2 Å². The summed E-state index contributed by atoms with van der Waals surface area (Å²) in [5.74, 6) is -1.44. The largest absolute Gasteiger partial charge is 0.506 e. The monoisotopic (exact) mass is 305 g/mol. The number of benzene rings is 2. The maximum Gasteiger partial charge on any atom is 0.335 e. The minimum atomic E-state index is -1.14. The van der Waals surface area contributed by atoms with E-state index in [2.05, 4.69) is 5.32 Å². The van der Waals surface area contributed by atoms with Crippen LogP contribution in [0.2, 0.25) is 0 Å². The molecule has 2 aromatic rings. The molecule has 2 rings (SSSR count). The molecule has 0 fully saturated rings. The molecular weight excluding hydrogens is 294 g/mol. The minimum absolute atomic E-state index is 0.0272. The van der Waals surface area contributed by atoms with Crippen LogP contribution >= 0.6 is 11.6 Å². The van der Waals surface area contributed by atoms with Gasteiger partial charge in [0.1, 0.15) is 5.75 Å². The van der Waals surface area contributed by atoms with Crippen molar-refractivity contribution in [3.05, 3.63) is 59.2 Å². The Morgan fingerprint density at radius 1 is 1.05 bits per heavy atom. The minimum Gasteiger partial charge on any atom is -0.506 e. The summed E-state index contributed by atoms with van der Waals surface area (Å²) < 4.78 is 0. The Labute approximate surface area is 125 Å². The van der Waals surface area contributed by atoms with Crippen molar-refractivity contribution in [3.8, 4) is 5.75 Å². The van der Waals surface area contributed by atoms with Gasteiger partial charge in [-0.05, 0) is 35.9 Å². The Kier molecular flexibility index (Phi) is 4.45. The summed E-state index contributed by atoms with van der Waals surface area (Å²) in [5.41, 5.74) is 1.27. The van der Waals surface area contributed by atoms with Crippen LogP contribution in [0.3, 0.4) is 0 Å². The van der Waals surface area contributed by atoms with Crippen molar-refractivity contribution in [1.29, 1.82) is 0 Å². The van der Waals surface area contributed by atoms with Crippen LogP contribution in [0.15, 0.2) is 42.5 Å². The molecule has 0 heterocycles. The molecule has 6 heteroatoms. The van der Waals surface area contributed by atoms with Gasteiger partial charge < -0.3 is 15.5 Å². The number of phenols is 1. The smallest absolute Gasteiger partial charge is 0.335 e. The van der Waals surface area contributed by atoms with Crippen molar-refractivity contribution in [2.45, 2.75) is 5.88 Å². The third-order valence-corrected chi connectivity index (χ3v) is 3.17. The van der Waals surface area contributed by atoms with E-state index < -0.39 is 11.9 Å².